The second-order valence-corrected chi connectivity index (χ2v) is 4.10. The quantitative estimate of drug-likeness (QED) is 0.372. The molecular weight excluding hydrogens is 274 g/mol. The van der Waals surface area contributed by atoms with E-state index in [4.69, 9.17) is 4.84 Å². The number of nitrogens with zero attached hydrogens (tertiary/aromatic N) is 3. The minimum Gasteiger partial charge on any atom is -0.313 e. The molecule has 7 heteroatoms. The first-order chi connectivity index (χ1) is 10.1. The molecular formula is C14H11N3O4. The molecule has 0 aliphatic heterocycles. The van der Waals surface area contributed by atoms with Gasteiger partial charge in [-0.15, -0.1) is 0 Å². The first-order valence-corrected chi connectivity index (χ1v) is 5.98. The van der Waals surface area contributed by atoms with Gasteiger partial charge in [-0.25, -0.2) is 4.79 Å². The van der Waals surface area contributed by atoms with Gasteiger partial charge in [-0.3, -0.25) is 15.1 Å². The van der Waals surface area contributed by atoms with Gasteiger partial charge in [0.1, 0.15) is 0 Å². The molecule has 1 heterocycles. The molecule has 0 spiro atoms. The lowest BCUT2D eigenvalue weighted by molar-refractivity contribution is -0.384. The van der Waals surface area contributed by atoms with Crippen LogP contribution in [-0.2, 0) is 4.84 Å². The van der Waals surface area contributed by atoms with E-state index in [0.717, 1.165) is 11.6 Å². The van der Waals surface area contributed by atoms with Crippen molar-refractivity contribution in [1.29, 1.82) is 0 Å². The van der Waals surface area contributed by atoms with E-state index in [1.807, 2.05) is 0 Å². The third-order valence-electron chi connectivity index (χ3n) is 2.66. The molecule has 2 rings (SSSR count). The summed E-state index contributed by atoms with van der Waals surface area (Å²) in [6.07, 6.45) is 3.19. The number of carbonyl (C=O) groups is 1. The summed E-state index contributed by atoms with van der Waals surface area (Å²) in [5, 5.41) is 14.4. The Morgan fingerprint density at radius 1 is 1.24 bits per heavy atom. The van der Waals surface area contributed by atoms with Crippen LogP contribution in [0.3, 0.4) is 0 Å². The molecule has 0 saturated heterocycles. The number of hydrogen-bond acceptors (Lipinski definition) is 6. The Bertz CT molecular complexity index is 698. The maximum Gasteiger partial charge on any atom is 0.365 e. The van der Waals surface area contributed by atoms with Gasteiger partial charge in [0.25, 0.3) is 5.69 Å². The number of nitro groups is 1. The number of oxime groups is 1. The van der Waals surface area contributed by atoms with E-state index in [1.54, 1.807) is 31.5 Å². The molecule has 21 heavy (non-hydrogen) atoms. The highest BCUT2D eigenvalue weighted by Crippen LogP contribution is 2.14. The largest absolute Gasteiger partial charge is 0.365 e. The summed E-state index contributed by atoms with van der Waals surface area (Å²) < 4.78 is 0. The van der Waals surface area contributed by atoms with Crippen molar-refractivity contribution in [2.45, 2.75) is 6.92 Å². The van der Waals surface area contributed by atoms with Crippen LogP contribution in [0.4, 0.5) is 5.69 Å². The standard InChI is InChI=1S/C14H11N3O4/c1-10(11-5-7-15-8-6-11)16-21-14(18)12-3-2-4-13(9-12)17(19)20/h2-9H,1H3. The zero-order valence-electron chi connectivity index (χ0n) is 11.1. The van der Waals surface area contributed by atoms with E-state index in [1.165, 1.54) is 18.2 Å². The predicted molar refractivity (Wildman–Crippen MR) is 75.0 cm³/mol. The SMILES string of the molecule is CC(=NOC(=O)c1cccc([N+](=O)[O-])c1)c1ccncc1. The number of non-ortho nitro benzene ring substituents is 1. The zero-order chi connectivity index (χ0) is 15.2. The maximum absolute atomic E-state index is 11.8. The Morgan fingerprint density at radius 2 is 1.95 bits per heavy atom. The van der Waals surface area contributed by atoms with Crippen LogP contribution in [0.2, 0.25) is 0 Å². The lowest BCUT2D eigenvalue weighted by Gasteiger charge is -2.01. The Labute approximate surface area is 120 Å². The highest BCUT2D eigenvalue weighted by atomic mass is 16.7. The smallest absolute Gasteiger partial charge is 0.313 e. The van der Waals surface area contributed by atoms with Gasteiger partial charge in [0.15, 0.2) is 0 Å². The van der Waals surface area contributed by atoms with Crippen molar-refractivity contribution < 1.29 is 14.6 Å². The number of benzene rings is 1. The average Bonchev–Trinajstić information content (AvgIpc) is 2.53. The summed E-state index contributed by atoms with van der Waals surface area (Å²) in [5.74, 6) is -0.757. The van der Waals surface area contributed by atoms with Crippen molar-refractivity contribution in [3.8, 4) is 0 Å². The van der Waals surface area contributed by atoms with Crippen molar-refractivity contribution in [1.82, 2.24) is 4.98 Å². The summed E-state index contributed by atoms with van der Waals surface area (Å²) in [7, 11) is 0. The molecule has 0 radical (unpaired) electrons. The van der Waals surface area contributed by atoms with Gasteiger partial charge in [0.05, 0.1) is 16.2 Å². The van der Waals surface area contributed by atoms with Crippen molar-refractivity contribution in [3.05, 3.63) is 70.0 Å². The van der Waals surface area contributed by atoms with Gasteiger partial charge < -0.3 is 4.84 Å². The van der Waals surface area contributed by atoms with E-state index in [2.05, 4.69) is 10.1 Å². The van der Waals surface area contributed by atoms with Gasteiger partial charge in [-0.2, -0.15) is 0 Å². The molecule has 0 aliphatic rings. The zero-order valence-corrected chi connectivity index (χ0v) is 11.1. The van der Waals surface area contributed by atoms with Gasteiger partial charge in [0, 0.05) is 30.1 Å². The fraction of sp³-hybridized carbons (Fsp3) is 0.0714. The van der Waals surface area contributed by atoms with Gasteiger partial charge >= 0.3 is 5.97 Å². The highest BCUT2D eigenvalue weighted by molar-refractivity contribution is 5.99. The maximum atomic E-state index is 11.8. The number of rotatable bonds is 4. The molecule has 0 N–H and O–H groups in total. The summed E-state index contributed by atoms with van der Waals surface area (Å²) in [4.78, 5) is 30.5. The number of nitro benzene ring substituents is 1. The molecule has 2 aromatic rings. The average molecular weight is 285 g/mol. The fourth-order valence-corrected chi connectivity index (χ4v) is 1.55. The molecule has 0 saturated carbocycles. The first-order valence-electron chi connectivity index (χ1n) is 5.98. The van der Waals surface area contributed by atoms with E-state index >= 15 is 0 Å². The second-order valence-electron chi connectivity index (χ2n) is 4.10. The topological polar surface area (TPSA) is 94.7 Å². The monoisotopic (exact) mass is 285 g/mol. The molecule has 0 amide bonds. The third-order valence-corrected chi connectivity index (χ3v) is 2.66. The molecule has 0 bridgehead atoms. The number of aromatic nitrogens is 1. The minimum atomic E-state index is -0.757. The highest BCUT2D eigenvalue weighted by Gasteiger charge is 2.13. The Kier molecular flexibility index (Phi) is 4.35. The van der Waals surface area contributed by atoms with E-state index in [0.29, 0.717) is 5.71 Å². The van der Waals surface area contributed by atoms with Gasteiger partial charge in [-0.1, -0.05) is 11.2 Å². The van der Waals surface area contributed by atoms with Crippen LogP contribution in [0.15, 0.2) is 53.9 Å². The first kappa shape index (κ1) is 14.3. The van der Waals surface area contributed by atoms with Gasteiger partial charge in [-0.05, 0) is 25.1 Å². The summed E-state index contributed by atoms with van der Waals surface area (Å²) in [5.41, 5.74) is 1.14. The Morgan fingerprint density at radius 3 is 2.62 bits per heavy atom. The second kappa shape index (κ2) is 6.38. The fourth-order valence-electron chi connectivity index (χ4n) is 1.55. The van der Waals surface area contributed by atoms with Crippen molar-refractivity contribution >= 4 is 17.4 Å². The van der Waals surface area contributed by atoms with Crippen LogP contribution in [0.25, 0.3) is 0 Å². The third kappa shape index (κ3) is 3.69. The Hall–Kier alpha value is -3.09. The molecule has 7 nitrogen and oxygen atoms in total. The molecule has 0 aliphatic carbocycles. The van der Waals surface area contributed by atoms with Crippen molar-refractivity contribution in [2.24, 2.45) is 5.16 Å². The van der Waals surface area contributed by atoms with Crippen molar-refractivity contribution in [2.75, 3.05) is 0 Å². The number of pyridine rings is 1. The molecule has 1 aromatic carbocycles. The molecule has 0 unspecified atom stereocenters. The molecule has 106 valence electrons. The molecule has 0 fully saturated rings. The van der Waals surface area contributed by atoms with E-state index < -0.39 is 10.9 Å². The lowest BCUT2D eigenvalue weighted by atomic mass is 10.2. The number of carbonyl (C=O) groups excluding carboxylic acids is 1. The number of hydrogen-bond donors (Lipinski definition) is 0. The van der Waals surface area contributed by atoms with E-state index in [-0.39, 0.29) is 11.3 Å². The predicted octanol–water partition coefficient (Wildman–Crippen LogP) is 2.57. The van der Waals surface area contributed by atoms with Crippen LogP contribution in [0, 0.1) is 10.1 Å². The minimum absolute atomic E-state index is 0.0653. The van der Waals surface area contributed by atoms with Crippen LogP contribution < -0.4 is 0 Å². The van der Waals surface area contributed by atoms with Crippen molar-refractivity contribution in [3.63, 3.8) is 0 Å². The summed E-state index contributed by atoms with van der Waals surface area (Å²) in [6.45, 7) is 1.68. The Balaban J connectivity index is 2.12. The van der Waals surface area contributed by atoms with Crippen LogP contribution in [0.1, 0.15) is 22.8 Å². The van der Waals surface area contributed by atoms with E-state index in [9.17, 15) is 14.9 Å². The molecule has 0 atom stereocenters. The van der Waals surface area contributed by atoms with Gasteiger partial charge in [0.2, 0.25) is 0 Å². The van der Waals surface area contributed by atoms with Crippen LogP contribution in [0.5, 0.6) is 0 Å². The normalized spacial score (nSPS) is 11.0. The molecule has 1 aromatic heterocycles. The van der Waals surface area contributed by atoms with Crippen LogP contribution in [-0.4, -0.2) is 21.6 Å². The summed E-state index contributed by atoms with van der Waals surface area (Å²) >= 11 is 0. The lowest BCUT2D eigenvalue weighted by Crippen LogP contribution is -2.04. The van der Waals surface area contributed by atoms with Crippen LogP contribution >= 0.6 is 0 Å². The summed E-state index contributed by atoms with van der Waals surface area (Å²) in [6, 6.07) is 8.71.